The van der Waals surface area contributed by atoms with E-state index < -0.39 is 0 Å². The van der Waals surface area contributed by atoms with E-state index in [1.165, 1.54) is 7.11 Å². The Balaban J connectivity index is 1.33. The predicted octanol–water partition coefficient (Wildman–Crippen LogP) is 5.06. The molecule has 1 N–H and O–H groups in total. The van der Waals surface area contributed by atoms with E-state index in [4.69, 9.17) is 32.7 Å². The fraction of sp³-hybridized carbons (Fsp3) is 0.391. The summed E-state index contributed by atoms with van der Waals surface area (Å²) >= 11 is 12.1. The molecule has 6 nitrogen and oxygen atoms in total. The number of ether oxygens (including phenoxy) is 2. The Morgan fingerprint density at radius 2 is 1.74 bits per heavy atom. The Bertz CT molecular complexity index is 953. The summed E-state index contributed by atoms with van der Waals surface area (Å²) in [6.45, 7) is 0.358. The molecule has 164 valence electrons. The molecular formula is C23H24Cl2N2O4. The third kappa shape index (κ3) is 4.91. The number of benzene rings is 2. The number of amides is 2. The average Bonchev–Trinajstić information content (AvgIpc) is 3.03. The molecule has 4 rings (SSSR count). The predicted molar refractivity (Wildman–Crippen MR) is 119 cm³/mol. The Morgan fingerprint density at radius 1 is 1.06 bits per heavy atom. The van der Waals surface area contributed by atoms with E-state index in [1.54, 1.807) is 36.4 Å². The van der Waals surface area contributed by atoms with Crippen LogP contribution < -0.4 is 10.1 Å². The highest BCUT2D eigenvalue weighted by atomic mass is 35.5. The van der Waals surface area contributed by atoms with Gasteiger partial charge in [-0.2, -0.15) is 0 Å². The Labute approximate surface area is 191 Å². The van der Waals surface area contributed by atoms with Crippen LogP contribution in [0.4, 0.5) is 4.79 Å². The monoisotopic (exact) mass is 462 g/mol. The number of nitrogens with one attached hydrogen (secondary N) is 1. The van der Waals surface area contributed by atoms with Gasteiger partial charge in [-0.25, -0.2) is 9.59 Å². The van der Waals surface area contributed by atoms with Crippen LogP contribution in [0.2, 0.25) is 10.0 Å². The summed E-state index contributed by atoms with van der Waals surface area (Å²) in [5.41, 5.74) is 1.32. The first-order valence-electron chi connectivity index (χ1n) is 10.3. The molecule has 0 spiro atoms. The van der Waals surface area contributed by atoms with E-state index in [0.29, 0.717) is 27.9 Å². The van der Waals surface area contributed by atoms with Crippen molar-refractivity contribution in [3.05, 3.63) is 63.6 Å². The molecule has 3 atom stereocenters. The fourth-order valence-electron chi connectivity index (χ4n) is 4.46. The lowest BCUT2D eigenvalue weighted by Gasteiger charge is -2.38. The maximum Gasteiger partial charge on any atom is 0.337 e. The van der Waals surface area contributed by atoms with Gasteiger partial charge in [-0.3, -0.25) is 0 Å². The average molecular weight is 463 g/mol. The summed E-state index contributed by atoms with van der Waals surface area (Å²) in [7, 11) is 1.36. The minimum Gasteiger partial charge on any atom is -0.490 e. The second kappa shape index (κ2) is 9.37. The van der Waals surface area contributed by atoms with Crippen LogP contribution in [0.5, 0.6) is 5.75 Å². The van der Waals surface area contributed by atoms with E-state index in [2.05, 4.69) is 5.32 Å². The van der Waals surface area contributed by atoms with E-state index in [9.17, 15) is 9.59 Å². The van der Waals surface area contributed by atoms with Gasteiger partial charge in [0.1, 0.15) is 11.9 Å². The number of halogens is 2. The summed E-state index contributed by atoms with van der Waals surface area (Å²) in [4.78, 5) is 26.4. The summed E-state index contributed by atoms with van der Waals surface area (Å²) in [5.74, 6) is 0.344. The summed E-state index contributed by atoms with van der Waals surface area (Å²) in [5, 5.41) is 4.10. The Morgan fingerprint density at radius 3 is 2.35 bits per heavy atom. The lowest BCUT2D eigenvalue weighted by atomic mass is 10.00. The van der Waals surface area contributed by atoms with Crippen LogP contribution >= 0.6 is 23.2 Å². The molecule has 2 aliphatic rings. The first kappa shape index (κ1) is 21.8. The van der Waals surface area contributed by atoms with Gasteiger partial charge in [-0.05, 0) is 54.8 Å². The zero-order valence-electron chi connectivity index (χ0n) is 17.1. The molecule has 0 aliphatic carbocycles. The Kier molecular flexibility index (Phi) is 6.58. The zero-order chi connectivity index (χ0) is 22.0. The third-order valence-electron chi connectivity index (χ3n) is 5.95. The SMILES string of the molecule is COC(=O)c1ccc(O[C@H]2C[C@H]3CC[C@@H](C2)N3C(=O)NCc2ccc(Cl)cc2Cl)cc1. The van der Waals surface area contributed by atoms with Crippen molar-refractivity contribution in [3.8, 4) is 5.75 Å². The van der Waals surface area contributed by atoms with Crippen LogP contribution in [0.1, 0.15) is 41.6 Å². The minimum atomic E-state index is -0.371. The maximum absolute atomic E-state index is 12.9. The molecule has 8 heteroatoms. The maximum atomic E-state index is 12.9. The van der Waals surface area contributed by atoms with Crippen LogP contribution in [0, 0.1) is 0 Å². The highest BCUT2D eigenvalue weighted by Crippen LogP contribution is 2.37. The molecular weight excluding hydrogens is 439 g/mol. The number of methoxy groups -OCH3 is 1. The smallest absolute Gasteiger partial charge is 0.337 e. The lowest BCUT2D eigenvalue weighted by Crippen LogP contribution is -2.52. The molecule has 2 aromatic rings. The fourth-order valence-corrected chi connectivity index (χ4v) is 4.94. The first-order valence-corrected chi connectivity index (χ1v) is 11.1. The van der Waals surface area contributed by atoms with Gasteiger partial charge in [0.15, 0.2) is 0 Å². The van der Waals surface area contributed by atoms with Gasteiger partial charge in [0, 0.05) is 41.5 Å². The molecule has 0 saturated carbocycles. The van der Waals surface area contributed by atoms with Crippen LogP contribution in [0.15, 0.2) is 42.5 Å². The van der Waals surface area contributed by atoms with E-state index in [-0.39, 0.29) is 30.2 Å². The molecule has 2 aliphatic heterocycles. The van der Waals surface area contributed by atoms with Crippen molar-refractivity contribution in [2.75, 3.05) is 7.11 Å². The number of hydrogen-bond donors (Lipinski definition) is 1. The van der Waals surface area contributed by atoms with Gasteiger partial charge >= 0.3 is 12.0 Å². The number of rotatable bonds is 5. The third-order valence-corrected chi connectivity index (χ3v) is 6.53. The highest BCUT2D eigenvalue weighted by Gasteiger charge is 2.44. The van der Waals surface area contributed by atoms with Gasteiger partial charge < -0.3 is 19.7 Å². The van der Waals surface area contributed by atoms with Crippen molar-refractivity contribution in [1.82, 2.24) is 10.2 Å². The Hall–Kier alpha value is -2.44. The molecule has 2 amide bonds. The number of nitrogens with zero attached hydrogens (tertiary/aromatic N) is 1. The zero-order valence-corrected chi connectivity index (χ0v) is 18.7. The van der Waals surface area contributed by atoms with Gasteiger partial charge in [0.25, 0.3) is 0 Å². The molecule has 31 heavy (non-hydrogen) atoms. The molecule has 2 aromatic carbocycles. The normalized spacial score (nSPS) is 22.2. The number of esters is 1. The molecule has 2 bridgehead atoms. The minimum absolute atomic E-state index is 0.0382. The highest BCUT2D eigenvalue weighted by molar-refractivity contribution is 6.35. The standard InChI is InChI=1S/C23H24Cl2N2O4/c1-30-22(28)14-3-8-19(9-4-14)31-20-11-17-6-7-18(12-20)27(17)23(29)26-13-15-2-5-16(24)10-21(15)25/h2-5,8-10,17-18,20H,6-7,11-13H2,1H3,(H,26,29)/t17-,18+,20+. The first-order chi connectivity index (χ1) is 14.9. The number of fused-ring (bicyclic) bond motifs is 2. The van der Waals surface area contributed by atoms with Crippen molar-refractivity contribution in [1.29, 1.82) is 0 Å². The van der Waals surface area contributed by atoms with Crippen molar-refractivity contribution >= 4 is 35.2 Å². The van der Waals surface area contributed by atoms with Crippen LogP contribution in [-0.4, -0.2) is 42.2 Å². The summed E-state index contributed by atoms with van der Waals surface area (Å²) in [6, 6.07) is 12.4. The van der Waals surface area contributed by atoms with Gasteiger partial charge in [0.05, 0.1) is 12.7 Å². The molecule has 0 radical (unpaired) electrons. The number of piperidine rings is 1. The van der Waals surface area contributed by atoms with Crippen LogP contribution in [0.25, 0.3) is 0 Å². The van der Waals surface area contributed by atoms with Gasteiger partial charge in [-0.15, -0.1) is 0 Å². The van der Waals surface area contributed by atoms with Crippen molar-refractivity contribution < 1.29 is 19.1 Å². The summed E-state index contributed by atoms with van der Waals surface area (Å²) in [6.07, 6.45) is 3.55. The van der Waals surface area contributed by atoms with E-state index >= 15 is 0 Å². The van der Waals surface area contributed by atoms with Gasteiger partial charge in [-0.1, -0.05) is 29.3 Å². The quantitative estimate of drug-likeness (QED) is 0.630. The molecule has 0 aromatic heterocycles. The number of hydrogen-bond acceptors (Lipinski definition) is 4. The second-order valence-electron chi connectivity index (χ2n) is 7.91. The number of carbonyl (C=O) groups is 2. The molecule has 0 unspecified atom stereocenters. The topological polar surface area (TPSA) is 67.9 Å². The van der Waals surface area contributed by atoms with E-state index in [1.807, 2.05) is 11.0 Å². The van der Waals surface area contributed by atoms with Crippen LogP contribution in [-0.2, 0) is 11.3 Å². The molecule has 2 heterocycles. The number of urea groups is 1. The molecule has 2 saturated heterocycles. The van der Waals surface area contributed by atoms with Crippen LogP contribution in [0.3, 0.4) is 0 Å². The van der Waals surface area contributed by atoms with Gasteiger partial charge in [0.2, 0.25) is 0 Å². The number of carbonyl (C=O) groups excluding carboxylic acids is 2. The van der Waals surface area contributed by atoms with E-state index in [0.717, 1.165) is 31.2 Å². The summed E-state index contributed by atoms with van der Waals surface area (Å²) < 4.78 is 10.9. The largest absolute Gasteiger partial charge is 0.490 e. The van der Waals surface area contributed by atoms with Crippen molar-refractivity contribution in [2.45, 2.75) is 50.4 Å². The lowest BCUT2D eigenvalue weighted by molar-refractivity contribution is 0.0600. The second-order valence-corrected chi connectivity index (χ2v) is 8.76. The molecule has 2 fully saturated rings. The van der Waals surface area contributed by atoms with Crippen molar-refractivity contribution in [3.63, 3.8) is 0 Å². The van der Waals surface area contributed by atoms with Crippen molar-refractivity contribution in [2.24, 2.45) is 0 Å².